The first-order valence-electron chi connectivity index (χ1n) is 38.1. The van der Waals surface area contributed by atoms with Crippen molar-refractivity contribution in [1.29, 1.82) is 0 Å². The predicted octanol–water partition coefficient (Wildman–Crippen LogP) is 26.2. The van der Waals surface area contributed by atoms with E-state index in [1.165, 1.54) is 43.8 Å². The normalized spacial score (nSPS) is 13.5. The quantitative estimate of drug-likeness (QED) is 0.155. The first kappa shape index (κ1) is 64.2. The summed E-state index contributed by atoms with van der Waals surface area (Å²) in [6.07, 6.45) is 0. The number of rotatable bonds is 6. The minimum absolute atomic E-state index is 0.0795. The van der Waals surface area contributed by atoms with Gasteiger partial charge in [0.1, 0.15) is 27.9 Å². The van der Waals surface area contributed by atoms with Crippen LogP contribution in [0, 0.1) is 0 Å². The third-order valence-corrected chi connectivity index (χ3v) is 23.7. The first-order chi connectivity index (χ1) is 52.1. The molecule has 8 heteroatoms. The summed E-state index contributed by atoms with van der Waals surface area (Å²) >= 11 is 0. The average Bonchev–Trinajstić information content (AvgIpc) is 1.30. The Morgan fingerprint density at radius 3 is 1.05 bits per heavy atom. The molecule has 0 aliphatic carbocycles. The van der Waals surface area contributed by atoms with Gasteiger partial charge in [-0.05, 0) is 216 Å². The zero-order chi connectivity index (χ0) is 73.3. The summed E-state index contributed by atoms with van der Waals surface area (Å²) in [4.78, 5) is 5.18. The van der Waals surface area contributed by atoms with Crippen molar-refractivity contribution in [3.8, 4) is 33.6 Å². The lowest BCUT2D eigenvalue weighted by Crippen LogP contribution is -2.61. The minimum atomic E-state index is -0.408. The van der Waals surface area contributed by atoms with Crippen LogP contribution in [0.5, 0.6) is 0 Å². The van der Waals surface area contributed by atoms with Crippen molar-refractivity contribution in [2.75, 3.05) is 9.80 Å². The molecule has 0 atom stereocenters. The minimum Gasteiger partial charge on any atom is -0.456 e. The van der Waals surface area contributed by atoms with Gasteiger partial charge >= 0.3 is 0 Å². The maximum absolute atomic E-state index is 7.69. The number of fused-ring (bicyclic) bond motifs is 20. The Hall–Kier alpha value is -12.3. The van der Waals surface area contributed by atoms with Crippen molar-refractivity contribution in [2.45, 2.75) is 105 Å². The predicted molar refractivity (Wildman–Crippen MR) is 457 cm³/mol. The van der Waals surface area contributed by atoms with Crippen molar-refractivity contribution < 1.29 is 13.3 Å². The van der Waals surface area contributed by atoms with Gasteiger partial charge in [0, 0.05) is 71.5 Å². The van der Waals surface area contributed by atoms with Crippen LogP contribution < -0.4 is 26.2 Å². The average molecular weight is 1400 g/mol. The van der Waals surface area contributed by atoms with E-state index >= 15 is 0 Å². The Balaban J connectivity index is 0.951. The number of benzene rings is 14. The molecule has 21 rings (SSSR count). The van der Waals surface area contributed by atoms with Crippen LogP contribution in [-0.2, 0) is 21.7 Å². The molecule has 108 heavy (non-hydrogen) atoms. The van der Waals surface area contributed by atoms with Crippen LogP contribution in [0.25, 0.3) is 143 Å². The van der Waals surface area contributed by atoms with Crippen molar-refractivity contribution >= 4 is 167 Å². The number of aromatic nitrogens is 2. The molecular formula is C100H81BN4O3. The van der Waals surface area contributed by atoms with E-state index in [4.69, 9.17) is 13.3 Å². The van der Waals surface area contributed by atoms with Crippen LogP contribution in [0.4, 0.5) is 34.1 Å². The molecule has 0 amide bonds. The molecule has 7 heterocycles. The second kappa shape index (κ2) is 22.6. The summed E-state index contributed by atoms with van der Waals surface area (Å²) in [5.41, 5.74) is 30.3. The standard InChI is InChI=1S/C100H81BN4O3/c1-97(2,3)62-35-41-78-71(51-62)72-52-63(98(4,5)6)36-42-79(72)102(78)66-39-45-82-76(55-66)101-77-56-67(103-80-43-37-64(99(7,8)9)53-73(80)74-54-65(100(10,11)12)38-44-81(74)103)40-46-83(77)105(85-48-61(59-27-17-14-18-28-59)50-91-93(85)70-31-21-24-34-89(70)107-91)95-94(101)86(57-75-68-29-19-22-32-87(68)108-96(75)95)104(82)84-47-60(58-25-15-13-16-26-58)49-90-92(84)69-30-20-23-33-88(69)106-90/h13-57H,1-12H3. The van der Waals surface area contributed by atoms with Gasteiger partial charge in [0.2, 0.25) is 0 Å². The van der Waals surface area contributed by atoms with Crippen LogP contribution in [0.15, 0.2) is 286 Å². The number of hydrogen-bond donors (Lipinski definition) is 0. The van der Waals surface area contributed by atoms with Crippen molar-refractivity contribution in [2.24, 2.45) is 0 Å². The third kappa shape index (κ3) is 9.54. The Morgan fingerprint density at radius 1 is 0.259 bits per heavy atom. The van der Waals surface area contributed by atoms with E-state index in [1.807, 2.05) is 0 Å². The van der Waals surface area contributed by atoms with Crippen molar-refractivity contribution in [3.05, 3.63) is 295 Å². The molecule has 0 spiro atoms. The highest BCUT2D eigenvalue weighted by Crippen LogP contribution is 2.55. The van der Waals surface area contributed by atoms with Crippen molar-refractivity contribution in [3.63, 3.8) is 0 Å². The van der Waals surface area contributed by atoms with E-state index in [2.05, 4.69) is 375 Å². The lowest BCUT2D eigenvalue weighted by molar-refractivity contribution is 0.590. The van der Waals surface area contributed by atoms with E-state index in [9.17, 15) is 0 Å². The summed E-state index contributed by atoms with van der Waals surface area (Å²) in [5.74, 6) is 0. The van der Waals surface area contributed by atoms with E-state index < -0.39 is 6.71 Å². The Kier molecular flexibility index (Phi) is 13.5. The molecule has 0 unspecified atom stereocenters. The van der Waals surface area contributed by atoms with E-state index in [1.54, 1.807) is 0 Å². The topological polar surface area (TPSA) is 55.8 Å². The number of nitrogens with zero attached hydrogens (tertiary/aromatic N) is 4. The highest BCUT2D eigenvalue weighted by Gasteiger charge is 2.47. The maximum atomic E-state index is 7.69. The summed E-state index contributed by atoms with van der Waals surface area (Å²) in [7, 11) is 0. The third-order valence-electron chi connectivity index (χ3n) is 23.7. The molecule has 0 saturated heterocycles. The van der Waals surface area contributed by atoms with Gasteiger partial charge in [0.25, 0.3) is 6.71 Å². The van der Waals surface area contributed by atoms with Crippen LogP contribution in [-0.4, -0.2) is 15.8 Å². The molecule has 5 aromatic heterocycles. The lowest BCUT2D eigenvalue weighted by Gasteiger charge is -2.44. The van der Waals surface area contributed by atoms with Gasteiger partial charge in [-0.1, -0.05) is 223 Å². The fraction of sp³-hybridized carbons (Fsp3) is 0.160. The molecule has 2 aliphatic rings. The van der Waals surface area contributed by atoms with Crippen LogP contribution in [0.2, 0.25) is 0 Å². The fourth-order valence-corrected chi connectivity index (χ4v) is 18.1. The molecule has 0 saturated carbocycles. The summed E-state index contributed by atoms with van der Waals surface area (Å²) in [6, 6.07) is 103. The first-order valence-corrected chi connectivity index (χ1v) is 38.1. The second-order valence-corrected chi connectivity index (χ2v) is 34.5. The molecular weight excluding hydrogens is 1320 g/mol. The van der Waals surface area contributed by atoms with Gasteiger partial charge in [-0.25, -0.2) is 0 Å². The number of furan rings is 3. The molecule has 14 aromatic carbocycles. The molecule has 522 valence electrons. The Labute approximate surface area is 628 Å². The maximum Gasteiger partial charge on any atom is 0.252 e. The number of hydrogen-bond acceptors (Lipinski definition) is 5. The van der Waals surface area contributed by atoms with Gasteiger partial charge in [-0.15, -0.1) is 0 Å². The molecule has 0 radical (unpaired) electrons. The zero-order valence-electron chi connectivity index (χ0n) is 63.1. The van der Waals surface area contributed by atoms with Gasteiger partial charge in [0.05, 0.1) is 49.9 Å². The van der Waals surface area contributed by atoms with Crippen molar-refractivity contribution in [1.82, 2.24) is 9.13 Å². The highest BCUT2D eigenvalue weighted by molar-refractivity contribution is 7.00. The monoisotopic (exact) mass is 1400 g/mol. The summed E-state index contributed by atoms with van der Waals surface area (Å²) < 4.78 is 27.1. The smallest absolute Gasteiger partial charge is 0.252 e. The molecule has 19 aromatic rings. The molecule has 7 nitrogen and oxygen atoms in total. The highest BCUT2D eigenvalue weighted by atomic mass is 16.3. The fourth-order valence-electron chi connectivity index (χ4n) is 18.1. The van der Waals surface area contributed by atoms with E-state index in [-0.39, 0.29) is 21.7 Å². The zero-order valence-corrected chi connectivity index (χ0v) is 63.1. The molecule has 2 aliphatic heterocycles. The van der Waals surface area contributed by atoms with Gasteiger partial charge < -0.3 is 32.2 Å². The largest absolute Gasteiger partial charge is 0.456 e. The summed E-state index contributed by atoms with van der Waals surface area (Å²) in [6.45, 7) is 27.5. The van der Waals surface area contributed by atoms with E-state index in [0.29, 0.717) is 0 Å². The van der Waals surface area contributed by atoms with Gasteiger partial charge in [-0.2, -0.15) is 0 Å². The molecule has 0 fully saturated rings. The SMILES string of the molecule is CC(C)(C)c1ccc2c(c1)c1cc(C(C)(C)C)ccc1n2-c1ccc2c(c1)B1c3cc(-n4c5ccc(C(C)(C)C)cc5c5cc(C(C)(C)C)ccc54)ccc3N(c3cc(-c4ccccc4)cc4oc5ccccc5c34)c3c1c(cc1c3oc3ccccc31)N2c1cc(-c2ccccc2)cc2oc3ccccc3c12. The van der Waals surface area contributed by atoms with Crippen LogP contribution in [0.3, 0.4) is 0 Å². The second-order valence-electron chi connectivity index (χ2n) is 34.5. The molecule has 0 N–H and O–H groups in total. The molecule has 0 bridgehead atoms. The summed E-state index contributed by atoms with van der Waals surface area (Å²) in [5, 5.41) is 11.1. The van der Waals surface area contributed by atoms with Gasteiger partial charge in [-0.3, -0.25) is 0 Å². The lowest BCUT2D eigenvalue weighted by atomic mass is 9.33. The Bertz CT molecular complexity index is 6750. The van der Waals surface area contributed by atoms with Gasteiger partial charge in [0.15, 0.2) is 5.58 Å². The van der Waals surface area contributed by atoms with Crippen LogP contribution in [0.1, 0.15) is 105 Å². The van der Waals surface area contributed by atoms with Crippen LogP contribution >= 0.6 is 0 Å². The Morgan fingerprint density at radius 2 is 0.630 bits per heavy atom. The van der Waals surface area contributed by atoms with E-state index in [0.717, 1.165) is 172 Å². The number of para-hydroxylation sites is 3. The number of anilines is 6.